The van der Waals surface area contributed by atoms with Crippen LogP contribution in [0.3, 0.4) is 0 Å². The van der Waals surface area contributed by atoms with E-state index in [1.165, 1.54) is 0 Å². The maximum Gasteiger partial charge on any atom is 0.0116 e. The lowest BCUT2D eigenvalue weighted by Crippen LogP contribution is -2.04. The van der Waals surface area contributed by atoms with Crippen LogP contribution in [-0.2, 0) is 0 Å². The highest BCUT2D eigenvalue weighted by Crippen LogP contribution is 2.23. The van der Waals surface area contributed by atoms with Gasteiger partial charge >= 0.3 is 0 Å². The van der Waals surface area contributed by atoms with Crippen molar-refractivity contribution in [3.05, 3.63) is 11.5 Å². The molecular formula is C7H14S. The molecule has 0 saturated carbocycles. The zero-order chi connectivity index (χ0) is 6.62. The van der Waals surface area contributed by atoms with Crippen LogP contribution in [0.5, 0.6) is 0 Å². The van der Waals surface area contributed by atoms with E-state index in [1.54, 1.807) is 0 Å². The number of allylic oxidation sites excluding steroid dienone is 1. The minimum Gasteiger partial charge on any atom is -0.129 e. The van der Waals surface area contributed by atoms with E-state index in [4.69, 9.17) is 0 Å². The molecule has 0 radical (unpaired) electrons. The molecule has 1 heteroatoms. The molecule has 0 saturated heterocycles. The molecule has 0 bridgehead atoms. The summed E-state index contributed by atoms with van der Waals surface area (Å²) >= 11 is 1.85. The van der Waals surface area contributed by atoms with Crippen molar-refractivity contribution in [1.29, 1.82) is 0 Å². The standard InChI is InChI=1S/C7H14S/c1-5-6-8-7(2,3)4/h5-6H,1-4H3. The first-order valence-corrected chi connectivity index (χ1v) is 3.73. The van der Waals surface area contributed by atoms with Crippen molar-refractivity contribution < 1.29 is 0 Å². The van der Waals surface area contributed by atoms with Gasteiger partial charge in [0.1, 0.15) is 0 Å². The monoisotopic (exact) mass is 130 g/mol. The van der Waals surface area contributed by atoms with Gasteiger partial charge in [0.25, 0.3) is 0 Å². The second-order valence-electron chi connectivity index (χ2n) is 2.70. The summed E-state index contributed by atoms with van der Waals surface area (Å²) in [5, 5.41) is 2.12. The van der Waals surface area contributed by atoms with E-state index in [0.29, 0.717) is 4.75 Å². The van der Waals surface area contributed by atoms with Crippen molar-refractivity contribution in [3.63, 3.8) is 0 Å². The van der Waals surface area contributed by atoms with Gasteiger partial charge in [-0.1, -0.05) is 26.8 Å². The van der Waals surface area contributed by atoms with E-state index in [0.717, 1.165) is 0 Å². The summed E-state index contributed by atoms with van der Waals surface area (Å²) < 4.78 is 0.381. The van der Waals surface area contributed by atoms with Crippen LogP contribution in [0.4, 0.5) is 0 Å². The van der Waals surface area contributed by atoms with E-state index in [2.05, 4.69) is 32.3 Å². The number of thioether (sulfide) groups is 1. The minimum atomic E-state index is 0.381. The highest BCUT2D eigenvalue weighted by atomic mass is 32.2. The maximum atomic E-state index is 2.21. The Morgan fingerprint density at radius 2 is 1.75 bits per heavy atom. The van der Waals surface area contributed by atoms with Crippen LogP contribution >= 0.6 is 11.8 Å². The number of hydrogen-bond acceptors (Lipinski definition) is 1. The molecule has 0 fully saturated rings. The quantitative estimate of drug-likeness (QED) is 0.525. The molecule has 0 rings (SSSR count). The average Bonchev–Trinajstić information content (AvgIpc) is 1.59. The van der Waals surface area contributed by atoms with Gasteiger partial charge in [-0.25, -0.2) is 0 Å². The Labute approximate surface area is 56.4 Å². The third kappa shape index (κ3) is 6.09. The molecule has 0 N–H and O–H groups in total. The summed E-state index contributed by atoms with van der Waals surface area (Å²) in [6, 6.07) is 0. The predicted octanol–water partition coefficient (Wildman–Crippen LogP) is 3.05. The Morgan fingerprint density at radius 3 is 1.88 bits per heavy atom. The normalized spacial score (nSPS) is 13.0. The van der Waals surface area contributed by atoms with Gasteiger partial charge in [-0.15, -0.1) is 11.8 Å². The van der Waals surface area contributed by atoms with Gasteiger partial charge in [-0.2, -0.15) is 0 Å². The van der Waals surface area contributed by atoms with E-state index in [9.17, 15) is 0 Å². The van der Waals surface area contributed by atoms with Crippen LogP contribution in [0.1, 0.15) is 27.7 Å². The summed E-state index contributed by atoms with van der Waals surface area (Å²) in [6.07, 6.45) is 2.07. The molecule has 0 aliphatic carbocycles. The van der Waals surface area contributed by atoms with Crippen LogP contribution in [0.25, 0.3) is 0 Å². The topological polar surface area (TPSA) is 0 Å². The predicted molar refractivity (Wildman–Crippen MR) is 42.2 cm³/mol. The third-order valence-corrected chi connectivity index (χ3v) is 1.67. The maximum absolute atomic E-state index is 2.21. The smallest absolute Gasteiger partial charge is 0.0116 e. The van der Waals surface area contributed by atoms with Gasteiger partial charge in [-0.3, -0.25) is 0 Å². The van der Waals surface area contributed by atoms with E-state index in [-0.39, 0.29) is 0 Å². The Hall–Kier alpha value is 0.0900. The molecule has 0 atom stereocenters. The fraction of sp³-hybridized carbons (Fsp3) is 0.714. The fourth-order valence-electron chi connectivity index (χ4n) is 0.272. The molecular weight excluding hydrogens is 116 g/mol. The van der Waals surface area contributed by atoms with Crippen LogP contribution in [0, 0.1) is 0 Å². The van der Waals surface area contributed by atoms with Crippen molar-refractivity contribution in [2.75, 3.05) is 0 Å². The molecule has 0 heterocycles. The first-order chi connectivity index (χ1) is 3.56. The molecule has 0 aromatic rings. The number of hydrogen-bond donors (Lipinski definition) is 0. The molecule has 0 unspecified atom stereocenters. The zero-order valence-electron chi connectivity index (χ0n) is 6.06. The van der Waals surface area contributed by atoms with Crippen molar-refractivity contribution in [1.82, 2.24) is 0 Å². The molecule has 8 heavy (non-hydrogen) atoms. The van der Waals surface area contributed by atoms with Crippen LogP contribution in [0.15, 0.2) is 11.5 Å². The molecule has 0 spiro atoms. The number of rotatable bonds is 1. The van der Waals surface area contributed by atoms with Crippen molar-refractivity contribution >= 4 is 11.8 Å². The summed E-state index contributed by atoms with van der Waals surface area (Å²) in [5.41, 5.74) is 0. The second kappa shape index (κ2) is 3.18. The summed E-state index contributed by atoms with van der Waals surface area (Å²) in [6.45, 7) is 8.66. The summed E-state index contributed by atoms with van der Waals surface area (Å²) in [5.74, 6) is 0. The first kappa shape index (κ1) is 8.09. The van der Waals surface area contributed by atoms with Gasteiger partial charge in [0.05, 0.1) is 0 Å². The summed E-state index contributed by atoms with van der Waals surface area (Å²) in [7, 11) is 0. The van der Waals surface area contributed by atoms with Crippen LogP contribution in [0.2, 0.25) is 0 Å². The Balaban J connectivity index is 3.39. The van der Waals surface area contributed by atoms with Crippen molar-refractivity contribution in [2.24, 2.45) is 0 Å². The zero-order valence-corrected chi connectivity index (χ0v) is 6.88. The van der Waals surface area contributed by atoms with Crippen molar-refractivity contribution in [2.45, 2.75) is 32.4 Å². The largest absolute Gasteiger partial charge is 0.129 e. The van der Waals surface area contributed by atoms with E-state index in [1.807, 2.05) is 18.7 Å². The van der Waals surface area contributed by atoms with Gasteiger partial charge in [0.15, 0.2) is 0 Å². The Morgan fingerprint density at radius 1 is 1.25 bits per heavy atom. The lowest BCUT2D eigenvalue weighted by Gasteiger charge is -2.13. The molecule has 0 aromatic carbocycles. The Bertz CT molecular complexity index is 76.9. The minimum absolute atomic E-state index is 0.381. The van der Waals surface area contributed by atoms with Gasteiger partial charge in [-0.05, 0) is 12.3 Å². The fourth-order valence-corrected chi connectivity index (χ4v) is 0.816. The van der Waals surface area contributed by atoms with E-state index >= 15 is 0 Å². The second-order valence-corrected chi connectivity index (χ2v) is 4.43. The van der Waals surface area contributed by atoms with Gasteiger partial charge < -0.3 is 0 Å². The van der Waals surface area contributed by atoms with Crippen LogP contribution in [-0.4, -0.2) is 4.75 Å². The van der Waals surface area contributed by atoms with Crippen LogP contribution < -0.4 is 0 Å². The molecule has 0 amide bonds. The molecule has 48 valence electrons. The molecule has 0 aromatic heterocycles. The average molecular weight is 130 g/mol. The highest BCUT2D eigenvalue weighted by molar-refractivity contribution is 8.03. The van der Waals surface area contributed by atoms with Gasteiger partial charge in [0, 0.05) is 4.75 Å². The van der Waals surface area contributed by atoms with Gasteiger partial charge in [0.2, 0.25) is 0 Å². The highest BCUT2D eigenvalue weighted by Gasteiger charge is 2.06. The SMILES string of the molecule is CC=CSC(C)(C)C. The molecule has 0 aliphatic heterocycles. The lowest BCUT2D eigenvalue weighted by atomic mass is 10.3. The Kier molecular flexibility index (Phi) is 3.22. The summed E-state index contributed by atoms with van der Waals surface area (Å²) in [4.78, 5) is 0. The third-order valence-electron chi connectivity index (χ3n) is 0.558. The van der Waals surface area contributed by atoms with E-state index < -0.39 is 0 Å². The van der Waals surface area contributed by atoms with Crippen molar-refractivity contribution in [3.8, 4) is 0 Å². The first-order valence-electron chi connectivity index (χ1n) is 2.85. The lowest BCUT2D eigenvalue weighted by molar-refractivity contribution is 0.807. The molecule has 0 aliphatic rings. The molecule has 0 nitrogen and oxygen atoms in total.